The van der Waals surface area contributed by atoms with Crippen molar-refractivity contribution in [2.75, 3.05) is 26.4 Å². The highest BCUT2D eigenvalue weighted by atomic mass is 16.6. The third kappa shape index (κ3) is 10.2. The Hall–Kier alpha value is -3.96. The summed E-state index contributed by atoms with van der Waals surface area (Å²) in [5.74, 6) is -3.67. The van der Waals surface area contributed by atoms with Crippen LogP contribution in [0.1, 0.15) is 178 Å². The molecule has 15 heteroatoms. The van der Waals surface area contributed by atoms with Crippen molar-refractivity contribution in [3.63, 3.8) is 0 Å². The molecule has 2 aromatic carbocycles. The molecular formula is C52H78N4O11. The number of nitrogens with zero attached hydrogens (tertiary/aromatic N) is 3. The van der Waals surface area contributed by atoms with Crippen LogP contribution in [0.25, 0.3) is 11.1 Å². The Kier molecular flexibility index (Phi) is 13.9. The Morgan fingerprint density at radius 3 is 1.00 bits per heavy atom. The van der Waals surface area contributed by atoms with Gasteiger partial charge in [0, 0.05) is 68.0 Å². The normalized spacial score (nSPS) is 27.7. The van der Waals surface area contributed by atoms with Gasteiger partial charge < -0.3 is 39.9 Å². The molecule has 15 nitrogen and oxygen atoms in total. The molecule has 4 saturated heterocycles. The largest absolute Gasteiger partial charge is 0.462 e. The van der Waals surface area contributed by atoms with Crippen molar-refractivity contribution in [2.45, 2.75) is 181 Å². The molecule has 4 unspecified atom stereocenters. The molecular weight excluding hydrogens is 857 g/mol. The zero-order chi connectivity index (χ0) is 50.2. The molecule has 4 heterocycles. The monoisotopic (exact) mass is 935 g/mol. The number of hydrogen-bond acceptors (Lipinski definition) is 15. The van der Waals surface area contributed by atoms with Gasteiger partial charge in [0.1, 0.15) is 0 Å². The molecule has 4 aliphatic heterocycles. The minimum atomic E-state index is -0.782. The van der Waals surface area contributed by atoms with Gasteiger partial charge in [-0.15, -0.1) is 0 Å². The Morgan fingerprint density at radius 1 is 0.463 bits per heavy atom. The van der Waals surface area contributed by atoms with E-state index in [0.29, 0.717) is 30.4 Å². The minimum Gasteiger partial charge on any atom is -0.462 e. The Balaban J connectivity index is 1.34. The molecule has 372 valence electrons. The number of carbonyl (C=O) groups is 4. The lowest BCUT2D eigenvalue weighted by atomic mass is 9.87. The van der Waals surface area contributed by atoms with E-state index in [0.717, 1.165) is 6.42 Å². The summed E-state index contributed by atoms with van der Waals surface area (Å²) >= 11 is 0. The number of rotatable bonds is 13. The fourth-order valence-electron chi connectivity index (χ4n) is 11.8. The quantitative estimate of drug-likeness (QED) is 0.110. The molecule has 6 rings (SSSR count). The molecule has 0 saturated carbocycles. The van der Waals surface area contributed by atoms with Crippen molar-refractivity contribution in [3.05, 3.63) is 58.7 Å². The fraction of sp³-hybridized carbons (Fsp3) is 0.692. The summed E-state index contributed by atoms with van der Waals surface area (Å²) in [5.41, 5.74) is -3.52. The predicted molar refractivity (Wildman–Crippen MR) is 252 cm³/mol. The topological polar surface area (TPSA) is 188 Å². The van der Waals surface area contributed by atoms with Gasteiger partial charge in [-0.05, 0) is 172 Å². The van der Waals surface area contributed by atoms with Crippen LogP contribution >= 0.6 is 0 Å². The summed E-state index contributed by atoms with van der Waals surface area (Å²) in [5, 5.41) is 40.4. The van der Waals surface area contributed by atoms with Crippen LogP contribution in [0.4, 0.5) is 0 Å². The van der Waals surface area contributed by atoms with Crippen molar-refractivity contribution in [1.29, 1.82) is 0 Å². The van der Waals surface area contributed by atoms with Gasteiger partial charge in [-0.25, -0.2) is 19.2 Å². The first kappa shape index (κ1) is 52.4. The summed E-state index contributed by atoms with van der Waals surface area (Å²) in [6.45, 7) is 31.3. The summed E-state index contributed by atoms with van der Waals surface area (Å²) in [4.78, 5) is 56.5. The van der Waals surface area contributed by atoms with Gasteiger partial charge in [0.05, 0.1) is 48.7 Å². The number of hydrogen-bond donors (Lipinski definition) is 4. The van der Waals surface area contributed by atoms with Gasteiger partial charge in [0.15, 0.2) is 0 Å². The van der Waals surface area contributed by atoms with Gasteiger partial charge in [-0.2, -0.15) is 15.2 Å². The summed E-state index contributed by atoms with van der Waals surface area (Å²) in [6, 6.07) is 9.31. The maximum absolute atomic E-state index is 14.3. The Morgan fingerprint density at radius 2 is 0.746 bits per heavy atom. The van der Waals surface area contributed by atoms with Crippen molar-refractivity contribution < 1.29 is 53.7 Å². The molecule has 0 radical (unpaired) electrons. The van der Waals surface area contributed by atoms with Gasteiger partial charge in [-0.3, -0.25) is 0 Å². The third-order valence-electron chi connectivity index (χ3n) is 15.9. The molecule has 67 heavy (non-hydrogen) atoms. The van der Waals surface area contributed by atoms with Crippen LogP contribution in [0.2, 0.25) is 0 Å². The lowest BCUT2D eigenvalue weighted by Crippen LogP contribution is -2.48. The van der Waals surface area contributed by atoms with Crippen LogP contribution in [0.3, 0.4) is 0 Å². The van der Waals surface area contributed by atoms with E-state index in [1.807, 2.05) is 83.1 Å². The van der Waals surface area contributed by atoms with E-state index in [1.165, 1.54) is 39.5 Å². The number of ether oxygens (including phenoxy) is 4. The maximum atomic E-state index is 14.3. The summed E-state index contributed by atoms with van der Waals surface area (Å²) in [6.07, 6.45) is 2.44. The second-order valence-corrected chi connectivity index (χ2v) is 24.6. The highest BCUT2D eigenvalue weighted by molar-refractivity contribution is 6.06. The molecule has 0 aromatic heterocycles. The first-order valence-electron chi connectivity index (χ1n) is 23.8. The smallest absolute Gasteiger partial charge is 0.339 e. The van der Waals surface area contributed by atoms with E-state index in [4.69, 9.17) is 18.9 Å². The van der Waals surface area contributed by atoms with Crippen molar-refractivity contribution in [1.82, 2.24) is 20.5 Å². The average Bonchev–Trinajstić information content (AvgIpc) is 3.69. The van der Waals surface area contributed by atoms with Crippen molar-refractivity contribution in [3.8, 4) is 11.1 Å². The lowest BCUT2D eigenvalue weighted by molar-refractivity contribution is -0.198. The first-order valence-corrected chi connectivity index (χ1v) is 23.8. The van der Waals surface area contributed by atoms with Gasteiger partial charge in [0.25, 0.3) is 0 Å². The van der Waals surface area contributed by atoms with Crippen LogP contribution in [0.5, 0.6) is 0 Å². The second-order valence-electron chi connectivity index (χ2n) is 24.6. The van der Waals surface area contributed by atoms with E-state index in [1.54, 1.807) is 12.1 Å². The number of benzene rings is 2. The van der Waals surface area contributed by atoms with Crippen LogP contribution in [0, 0.1) is 23.7 Å². The van der Waals surface area contributed by atoms with Crippen molar-refractivity contribution in [2.24, 2.45) is 23.7 Å². The van der Waals surface area contributed by atoms with E-state index >= 15 is 0 Å². The number of nitrogens with one attached hydrogen (secondary N) is 1. The molecule has 4 fully saturated rings. The highest BCUT2D eigenvalue weighted by Crippen LogP contribution is 2.46. The van der Waals surface area contributed by atoms with E-state index in [9.17, 15) is 34.8 Å². The second kappa shape index (κ2) is 17.8. The fourth-order valence-corrected chi connectivity index (χ4v) is 11.8. The predicted octanol–water partition coefficient (Wildman–Crippen LogP) is 8.95. The molecule has 0 amide bonds. The Bertz CT molecular complexity index is 2240. The molecule has 0 spiro atoms. The Labute approximate surface area is 397 Å². The van der Waals surface area contributed by atoms with Gasteiger partial charge in [-0.1, -0.05) is 12.1 Å². The SMILES string of the molecule is CC1(C)CC(COC(=O)c2ccc(-c3ccc(C(=O)OCC4CC(C)(C)N(O)C4(C)C)c(C(=O)OCC4CC(C)(C)N(O)C4(C)C)c3)cc2C(=O)OCC2CC(C)(C)N(O)C2(C)C)C(C)(C)N1. The maximum Gasteiger partial charge on any atom is 0.339 e. The van der Waals surface area contributed by atoms with Crippen LogP contribution < -0.4 is 5.32 Å². The van der Waals surface area contributed by atoms with Gasteiger partial charge in [0.2, 0.25) is 0 Å². The minimum absolute atomic E-state index is 0.00545. The van der Waals surface area contributed by atoms with Crippen molar-refractivity contribution >= 4 is 23.9 Å². The van der Waals surface area contributed by atoms with Crippen LogP contribution in [-0.2, 0) is 18.9 Å². The average molecular weight is 935 g/mol. The van der Waals surface area contributed by atoms with Crippen LogP contribution in [-0.4, -0.2) is 125 Å². The summed E-state index contributed by atoms with van der Waals surface area (Å²) < 4.78 is 23.8. The lowest BCUT2D eigenvalue weighted by Gasteiger charge is -2.35. The van der Waals surface area contributed by atoms with Crippen LogP contribution in [0.15, 0.2) is 36.4 Å². The summed E-state index contributed by atoms with van der Waals surface area (Å²) in [7, 11) is 0. The molecule has 2 aromatic rings. The van der Waals surface area contributed by atoms with E-state index in [2.05, 4.69) is 33.0 Å². The first-order chi connectivity index (χ1) is 30.5. The van der Waals surface area contributed by atoms with Gasteiger partial charge >= 0.3 is 23.9 Å². The van der Waals surface area contributed by atoms with E-state index < -0.39 is 57.1 Å². The van der Waals surface area contributed by atoms with E-state index in [-0.39, 0.29) is 83.4 Å². The number of esters is 4. The molecule has 0 aliphatic carbocycles. The number of hydroxylamine groups is 6. The molecule has 4 N–H and O–H groups in total. The standard InChI is InChI=1S/C52H78N4O11/c1-45(2)23-33(49(9,10)53-45)27-64-41(57)37-19-17-31(21-39(37)43(59)66-29-35-25-47(5,6)55(62)51(35,13)14)32-18-20-38(42(58)65-28-34-24-46(3,4)54(61)50(34,11)12)40(22-32)44(60)67-30-36-26-48(7,8)56(63)52(36,15)16/h17-22,33-36,53,61-63H,23-30H2,1-16H3. The molecule has 0 bridgehead atoms. The zero-order valence-corrected chi connectivity index (χ0v) is 42.9. The highest BCUT2D eigenvalue weighted by Gasteiger charge is 2.54. The number of carbonyl (C=O) groups excluding carboxylic acids is 4. The molecule has 4 atom stereocenters. The third-order valence-corrected chi connectivity index (χ3v) is 15.9. The molecule has 4 aliphatic rings. The zero-order valence-electron chi connectivity index (χ0n) is 42.9.